The largest absolute Gasteiger partial charge is 0.347 e. The third kappa shape index (κ3) is 3.25. The van der Waals surface area contributed by atoms with E-state index in [9.17, 15) is 9.59 Å². The average Bonchev–Trinajstić information content (AvgIpc) is 3.13. The second-order valence-electron chi connectivity index (χ2n) is 6.47. The molecule has 2 N–H and O–H groups in total. The van der Waals surface area contributed by atoms with Crippen LogP contribution in [0.15, 0.2) is 71.7 Å². The van der Waals surface area contributed by atoms with Crippen molar-refractivity contribution in [3.05, 3.63) is 82.9 Å². The van der Waals surface area contributed by atoms with E-state index in [1.165, 1.54) is 0 Å². The summed E-state index contributed by atoms with van der Waals surface area (Å²) in [7, 11) is 3.54. The molecule has 0 saturated heterocycles. The summed E-state index contributed by atoms with van der Waals surface area (Å²) in [6, 6.07) is 18.2. The van der Waals surface area contributed by atoms with Crippen LogP contribution < -0.4 is 16.2 Å². The number of nitrogens with one attached hydrogen (secondary N) is 2. The molecular weight excluding hydrogens is 354 g/mol. The summed E-state index contributed by atoms with van der Waals surface area (Å²) in [5.74, 6) is 0.0695. The molecule has 0 fully saturated rings. The highest BCUT2D eigenvalue weighted by Gasteiger charge is 2.10. The maximum Gasteiger partial charge on any atom is 0.293 e. The van der Waals surface area contributed by atoms with Crippen LogP contribution in [0.2, 0.25) is 0 Å². The van der Waals surface area contributed by atoms with Gasteiger partial charge in [0, 0.05) is 31.7 Å². The van der Waals surface area contributed by atoms with Gasteiger partial charge in [0.15, 0.2) is 5.82 Å². The first-order valence-corrected chi connectivity index (χ1v) is 8.78. The van der Waals surface area contributed by atoms with E-state index in [0.717, 1.165) is 11.0 Å². The maximum absolute atomic E-state index is 12.5. The standard InChI is InChI=1S/C21H19N5O2/c1-25-13-5-8-18(25)20(27)23-15-11-9-14(10-12-15)22-19-21(28)26(2)17-7-4-3-6-16(17)24-19/h3-13H,1-2H3,(H,22,24)(H,23,27). The van der Waals surface area contributed by atoms with Crippen LogP contribution in [-0.2, 0) is 14.1 Å². The number of amides is 1. The number of carbonyl (C=O) groups is 1. The zero-order valence-electron chi connectivity index (χ0n) is 15.5. The van der Waals surface area contributed by atoms with Crippen molar-refractivity contribution < 1.29 is 4.79 Å². The van der Waals surface area contributed by atoms with Crippen molar-refractivity contribution in [2.45, 2.75) is 0 Å². The Morgan fingerprint density at radius 1 is 0.929 bits per heavy atom. The molecular formula is C21H19N5O2. The van der Waals surface area contributed by atoms with Gasteiger partial charge < -0.3 is 19.8 Å². The first-order chi connectivity index (χ1) is 13.5. The molecule has 2 aromatic heterocycles. The van der Waals surface area contributed by atoms with Crippen LogP contribution in [0, 0.1) is 0 Å². The van der Waals surface area contributed by atoms with E-state index in [4.69, 9.17) is 0 Å². The summed E-state index contributed by atoms with van der Waals surface area (Å²) >= 11 is 0. The van der Waals surface area contributed by atoms with E-state index >= 15 is 0 Å². The second kappa shape index (κ2) is 7.03. The molecule has 140 valence electrons. The number of para-hydroxylation sites is 2. The van der Waals surface area contributed by atoms with E-state index in [1.54, 1.807) is 46.5 Å². The van der Waals surface area contributed by atoms with Gasteiger partial charge in [-0.3, -0.25) is 9.59 Å². The molecule has 7 heteroatoms. The van der Waals surface area contributed by atoms with Crippen molar-refractivity contribution in [2.24, 2.45) is 14.1 Å². The SMILES string of the molecule is Cn1cccc1C(=O)Nc1ccc(Nc2nc3ccccc3n(C)c2=O)cc1. The zero-order valence-corrected chi connectivity index (χ0v) is 15.5. The molecule has 0 spiro atoms. The Balaban J connectivity index is 1.55. The lowest BCUT2D eigenvalue weighted by Gasteiger charge is -2.11. The maximum atomic E-state index is 12.5. The lowest BCUT2D eigenvalue weighted by molar-refractivity contribution is 0.101. The molecule has 0 aliphatic carbocycles. The number of anilines is 3. The minimum absolute atomic E-state index is 0.182. The number of aryl methyl sites for hydroxylation is 2. The summed E-state index contributed by atoms with van der Waals surface area (Å²) in [6.07, 6.45) is 1.82. The quantitative estimate of drug-likeness (QED) is 0.575. The number of hydrogen-bond acceptors (Lipinski definition) is 4. The minimum Gasteiger partial charge on any atom is -0.347 e. The van der Waals surface area contributed by atoms with Crippen molar-refractivity contribution >= 4 is 34.1 Å². The summed E-state index contributed by atoms with van der Waals surface area (Å²) in [5.41, 5.74) is 3.24. The van der Waals surface area contributed by atoms with Crippen LogP contribution in [-0.4, -0.2) is 20.0 Å². The van der Waals surface area contributed by atoms with E-state index in [0.29, 0.717) is 17.1 Å². The molecule has 0 radical (unpaired) electrons. The highest BCUT2D eigenvalue weighted by atomic mass is 16.2. The molecule has 28 heavy (non-hydrogen) atoms. The van der Waals surface area contributed by atoms with Gasteiger partial charge in [-0.2, -0.15) is 0 Å². The van der Waals surface area contributed by atoms with Crippen LogP contribution in [0.25, 0.3) is 11.0 Å². The van der Waals surface area contributed by atoms with Crippen LogP contribution in [0.1, 0.15) is 10.5 Å². The fourth-order valence-electron chi connectivity index (χ4n) is 3.03. The van der Waals surface area contributed by atoms with Gasteiger partial charge in [-0.15, -0.1) is 0 Å². The van der Waals surface area contributed by atoms with Crippen LogP contribution in [0.5, 0.6) is 0 Å². The van der Waals surface area contributed by atoms with Crippen molar-refractivity contribution in [3.63, 3.8) is 0 Å². The Bertz CT molecular complexity index is 1220. The molecule has 0 atom stereocenters. The van der Waals surface area contributed by atoms with Gasteiger partial charge in [-0.25, -0.2) is 4.98 Å². The molecule has 0 unspecified atom stereocenters. The van der Waals surface area contributed by atoms with E-state index in [2.05, 4.69) is 15.6 Å². The number of aromatic nitrogens is 3. The van der Waals surface area contributed by atoms with Gasteiger partial charge >= 0.3 is 0 Å². The first kappa shape index (κ1) is 17.5. The van der Waals surface area contributed by atoms with Crippen molar-refractivity contribution in [3.8, 4) is 0 Å². The second-order valence-corrected chi connectivity index (χ2v) is 6.47. The average molecular weight is 373 g/mol. The normalized spacial score (nSPS) is 10.8. The van der Waals surface area contributed by atoms with E-state index in [1.807, 2.05) is 43.6 Å². The summed E-state index contributed by atoms with van der Waals surface area (Å²) < 4.78 is 3.32. The fraction of sp³-hybridized carbons (Fsp3) is 0.0952. The molecule has 0 aliphatic heterocycles. The predicted octanol–water partition coefficient (Wildman–Crippen LogP) is 3.27. The highest BCUT2D eigenvalue weighted by molar-refractivity contribution is 6.03. The number of fused-ring (bicyclic) bond motifs is 1. The van der Waals surface area contributed by atoms with Gasteiger partial charge in [0.05, 0.1) is 11.0 Å². The van der Waals surface area contributed by atoms with Gasteiger partial charge in [0.25, 0.3) is 11.5 Å². The Hall–Kier alpha value is -3.87. The van der Waals surface area contributed by atoms with Crippen LogP contribution in [0.4, 0.5) is 17.2 Å². The summed E-state index contributed by atoms with van der Waals surface area (Å²) in [4.78, 5) is 29.2. The van der Waals surface area contributed by atoms with Gasteiger partial charge in [0.1, 0.15) is 5.69 Å². The minimum atomic E-state index is -0.209. The monoisotopic (exact) mass is 373 g/mol. The smallest absolute Gasteiger partial charge is 0.293 e. The molecule has 4 rings (SSSR count). The third-order valence-corrected chi connectivity index (χ3v) is 4.56. The van der Waals surface area contributed by atoms with E-state index < -0.39 is 0 Å². The molecule has 7 nitrogen and oxygen atoms in total. The first-order valence-electron chi connectivity index (χ1n) is 8.78. The predicted molar refractivity (Wildman–Crippen MR) is 110 cm³/mol. The number of hydrogen-bond donors (Lipinski definition) is 2. The molecule has 1 amide bonds. The Morgan fingerprint density at radius 2 is 1.64 bits per heavy atom. The summed E-state index contributed by atoms with van der Waals surface area (Å²) in [5, 5.41) is 5.91. The number of carbonyl (C=O) groups excluding carboxylic acids is 1. The third-order valence-electron chi connectivity index (χ3n) is 4.56. The molecule has 0 saturated carbocycles. The molecule has 0 aliphatic rings. The zero-order chi connectivity index (χ0) is 19.7. The Labute approximate surface area is 161 Å². The molecule has 4 aromatic rings. The van der Waals surface area contributed by atoms with Crippen LogP contribution >= 0.6 is 0 Å². The molecule has 2 heterocycles. The van der Waals surface area contributed by atoms with Crippen molar-refractivity contribution in [1.29, 1.82) is 0 Å². The highest BCUT2D eigenvalue weighted by Crippen LogP contribution is 2.18. The molecule has 0 bridgehead atoms. The topological polar surface area (TPSA) is 81.0 Å². The van der Waals surface area contributed by atoms with Gasteiger partial charge in [-0.1, -0.05) is 12.1 Å². The lowest BCUT2D eigenvalue weighted by atomic mass is 10.2. The summed E-state index contributed by atoms with van der Waals surface area (Å²) in [6.45, 7) is 0. The van der Waals surface area contributed by atoms with Crippen molar-refractivity contribution in [1.82, 2.24) is 14.1 Å². The molecule has 2 aromatic carbocycles. The van der Waals surface area contributed by atoms with Gasteiger partial charge in [0.2, 0.25) is 0 Å². The fourth-order valence-corrected chi connectivity index (χ4v) is 3.03. The number of benzene rings is 2. The number of rotatable bonds is 4. The number of nitrogens with zero attached hydrogens (tertiary/aromatic N) is 3. The van der Waals surface area contributed by atoms with E-state index in [-0.39, 0.29) is 17.3 Å². The van der Waals surface area contributed by atoms with Crippen LogP contribution in [0.3, 0.4) is 0 Å². The Kier molecular flexibility index (Phi) is 4.41. The lowest BCUT2D eigenvalue weighted by Crippen LogP contribution is -2.21. The van der Waals surface area contributed by atoms with Crippen molar-refractivity contribution in [2.75, 3.05) is 10.6 Å². The van der Waals surface area contributed by atoms with Gasteiger partial charge in [-0.05, 0) is 48.5 Å². The Morgan fingerprint density at radius 3 is 2.36 bits per heavy atom.